The van der Waals surface area contributed by atoms with Crippen LogP contribution in [0.3, 0.4) is 0 Å². The fraction of sp³-hybridized carbons (Fsp3) is 0.479. The summed E-state index contributed by atoms with van der Waals surface area (Å²) in [4.78, 5) is 133. The van der Waals surface area contributed by atoms with Gasteiger partial charge < -0.3 is 81.7 Å². The number of para-hydroxylation sites is 1. The number of aliphatic imine (C=N–C) groups is 2. The molecule has 1 aliphatic heterocycles. The number of amides is 9. The zero-order valence-electron chi connectivity index (χ0n) is 41.8. The number of hydrogen-bond donors (Lipinski definition) is 16. The van der Waals surface area contributed by atoms with E-state index in [1.807, 2.05) is 18.2 Å². The van der Waals surface area contributed by atoms with E-state index in [1.54, 1.807) is 42.6 Å². The van der Waals surface area contributed by atoms with Gasteiger partial charge in [-0.2, -0.15) is 0 Å². The normalized spacial score (nSPS) is 22.1. The molecule has 27 nitrogen and oxygen atoms in total. The number of H-pyrrole nitrogens is 1. The third kappa shape index (κ3) is 20.6. The Labute approximate surface area is 432 Å². The number of rotatable bonds is 18. The van der Waals surface area contributed by atoms with Gasteiger partial charge in [0.2, 0.25) is 53.2 Å². The minimum absolute atomic E-state index is 0.00482. The Balaban J connectivity index is 1.77. The van der Waals surface area contributed by atoms with E-state index in [0.717, 1.165) is 10.9 Å². The average Bonchev–Trinajstić information content (AvgIpc) is 3.76. The summed E-state index contributed by atoms with van der Waals surface area (Å²) < 4.78 is 0. The van der Waals surface area contributed by atoms with Crippen LogP contribution >= 0.6 is 0 Å². The van der Waals surface area contributed by atoms with Crippen molar-refractivity contribution in [1.29, 1.82) is 0 Å². The van der Waals surface area contributed by atoms with Crippen LogP contribution in [0.5, 0.6) is 0 Å². The molecule has 8 atom stereocenters. The van der Waals surface area contributed by atoms with Gasteiger partial charge in [0, 0.05) is 62.9 Å². The predicted molar refractivity (Wildman–Crippen MR) is 277 cm³/mol. The fourth-order valence-corrected chi connectivity index (χ4v) is 8.22. The largest absolute Gasteiger partial charge is 0.376 e. The molecule has 27 heteroatoms. The van der Waals surface area contributed by atoms with Crippen LogP contribution in [0.25, 0.3) is 10.9 Å². The van der Waals surface area contributed by atoms with Gasteiger partial charge in [-0.3, -0.25) is 58.5 Å². The minimum atomic E-state index is -1.84. The highest BCUT2D eigenvalue weighted by Gasteiger charge is 2.35. The molecule has 0 bridgehead atoms. The van der Waals surface area contributed by atoms with Crippen molar-refractivity contribution in [2.45, 2.75) is 126 Å². The van der Waals surface area contributed by atoms with Gasteiger partial charge in [-0.05, 0) is 62.1 Å². The van der Waals surface area contributed by atoms with Crippen molar-refractivity contribution >= 4 is 76.0 Å². The highest BCUT2D eigenvalue weighted by Crippen LogP contribution is 2.20. The number of guanidine groups is 2. The van der Waals surface area contributed by atoms with Gasteiger partial charge in [-0.25, -0.2) is 0 Å². The Morgan fingerprint density at radius 3 is 1.99 bits per heavy atom. The van der Waals surface area contributed by atoms with Gasteiger partial charge in [0.25, 0.3) is 0 Å². The Kier molecular flexibility index (Phi) is 23.7. The second-order valence-electron chi connectivity index (χ2n) is 18.0. The zero-order chi connectivity index (χ0) is 55.0. The standard InChI is InChI=1S/C48H71N17O10/c1-26(66)59-32(15-8-19-56-47(51)52)41(70)61-33-14-7-17-39(68)55-21-18-31(40(50)69)60-45(74)36(23-28-25-58-30-13-6-5-12-29(28)30)64-43(72)34(16-9-20-57-48(53)54)62-44(73)35(22-27-10-3-2-4-11-27)63-46(75)37(24-38(49)67)65-42(33)71/h2-6,10-13,25,31-37,42,58,65,71H,7-9,14-24H2,1H3,(H2,49,67)(H2,50,69)(H,55,68)(H,59,66)(H,60,74)(H,61,70)(H,62,73)(H,63,75)(H,64,72)(H4,51,52,56)(H4,53,54,57)/t31-,32-,33-,34-,35+,36-,37-,42?/m0/s1. The summed E-state index contributed by atoms with van der Waals surface area (Å²) in [5.41, 5.74) is 35.2. The SMILES string of the molecule is CC(=O)N[C@@H](CCCN=C(N)N)C(=O)N[C@H]1CCCC(=O)NCC[C@@H](C(N)=O)NC(=O)[C@H](Cc2c[nH]c3ccccc23)NC(=O)[C@H](CCCN=C(N)N)NC(=O)[C@@H](Cc2ccccc2)NC(=O)[C@H](CC(N)=O)NC1O. The van der Waals surface area contributed by atoms with E-state index in [4.69, 9.17) is 34.4 Å². The first-order valence-corrected chi connectivity index (χ1v) is 24.5. The number of aromatic nitrogens is 1. The molecule has 0 aliphatic carbocycles. The molecule has 1 unspecified atom stereocenters. The van der Waals surface area contributed by atoms with Crippen LogP contribution in [0.2, 0.25) is 0 Å². The van der Waals surface area contributed by atoms with E-state index < -0.39 is 108 Å². The predicted octanol–water partition coefficient (Wildman–Crippen LogP) is -4.68. The lowest BCUT2D eigenvalue weighted by Crippen LogP contribution is -2.61. The van der Waals surface area contributed by atoms with Crippen molar-refractivity contribution < 1.29 is 48.3 Å². The molecule has 75 heavy (non-hydrogen) atoms. The zero-order valence-corrected chi connectivity index (χ0v) is 41.8. The number of aliphatic hydroxyl groups excluding tert-OH is 1. The maximum atomic E-state index is 14.6. The van der Waals surface area contributed by atoms with E-state index in [1.165, 1.54) is 6.92 Å². The summed E-state index contributed by atoms with van der Waals surface area (Å²) in [6, 6.07) is 5.98. The number of carbonyl (C=O) groups excluding carboxylic acids is 9. The number of nitrogens with two attached hydrogens (primary N) is 6. The molecule has 2 aromatic carbocycles. The molecule has 4 rings (SSSR count). The van der Waals surface area contributed by atoms with Crippen LogP contribution in [0.1, 0.15) is 75.8 Å². The fourth-order valence-electron chi connectivity index (χ4n) is 8.22. The number of nitrogens with zero attached hydrogens (tertiary/aromatic N) is 2. The van der Waals surface area contributed by atoms with Crippen LogP contribution in [-0.4, -0.2) is 143 Å². The summed E-state index contributed by atoms with van der Waals surface area (Å²) in [6.07, 6.45) is -1.38. The van der Waals surface area contributed by atoms with Gasteiger partial charge >= 0.3 is 0 Å². The molecule has 22 N–H and O–H groups in total. The third-order valence-electron chi connectivity index (χ3n) is 12.0. The van der Waals surface area contributed by atoms with E-state index >= 15 is 0 Å². The van der Waals surface area contributed by atoms with Crippen molar-refractivity contribution in [1.82, 2.24) is 47.5 Å². The van der Waals surface area contributed by atoms with Gasteiger partial charge in [0.05, 0.1) is 18.5 Å². The monoisotopic (exact) mass is 1050 g/mol. The Morgan fingerprint density at radius 1 is 0.733 bits per heavy atom. The third-order valence-corrected chi connectivity index (χ3v) is 12.0. The Bertz CT molecular complexity index is 2510. The van der Waals surface area contributed by atoms with Crippen LogP contribution in [-0.2, 0) is 56.0 Å². The molecule has 9 amide bonds. The van der Waals surface area contributed by atoms with E-state index in [2.05, 4.69) is 57.5 Å². The number of nitrogens with one attached hydrogen (secondary N) is 9. The molecule has 2 heterocycles. The lowest BCUT2D eigenvalue weighted by atomic mass is 10.0. The van der Waals surface area contributed by atoms with Gasteiger partial charge in [0.15, 0.2) is 11.9 Å². The lowest BCUT2D eigenvalue weighted by Gasteiger charge is -2.31. The van der Waals surface area contributed by atoms with Crippen LogP contribution in [0, 0.1) is 0 Å². The second-order valence-corrected chi connectivity index (χ2v) is 18.0. The summed E-state index contributed by atoms with van der Waals surface area (Å²) in [6.45, 7) is 1.18. The van der Waals surface area contributed by atoms with Crippen molar-refractivity contribution in [2.75, 3.05) is 19.6 Å². The maximum Gasteiger partial charge on any atom is 0.243 e. The number of benzene rings is 2. The number of carbonyl (C=O) groups is 9. The summed E-state index contributed by atoms with van der Waals surface area (Å²) in [5, 5.41) is 33.7. The first kappa shape index (κ1) is 59.2. The van der Waals surface area contributed by atoms with Crippen molar-refractivity contribution in [3.63, 3.8) is 0 Å². The van der Waals surface area contributed by atoms with Gasteiger partial charge in [-0.15, -0.1) is 0 Å². The molecule has 0 saturated carbocycles. The van der Waals surface area contributed by atoms with E-state index in [9.17, 15) is 48.3 Å². The molecule has 0 radical (unpaired) electrons. The topological polar surface area (TPSA) is 467 Å². The minimum Gasteiger partial charge on any atom is -0.376 e. The second kappa shape index (κ2) is 30.0. The summed E-state index contributed by atoms with van der Waals surface area (Å²) in [7, 11) is 0. The smallest absolute Gasteiger partial charge is 0.243 e. The Hall–Kier alpha value is -8.33. The first-order chi connectivity index (χ1) is 35.7. The van der Waals surface area contributed by atoms with E-state index in [-0.39, 0.29) is 95.8 Å². The summed E-state index contributed by atoms with van der Waals surface area (Å²) in [5.74, 6) is -7.77. The average molecular weight is 1050 g/mol. The molecule has 1 fully saturated rings. The lowest BCUT2D eigenvalue weighted by molar-refractivity contribution is -0.135. The number of aliphatic hydroxyl groups is 1. The number of hydrogen-bond acceptors (Lipinski definition) is 13. The first-order valence-electron chi connectivity index (χ1n) is 24.5. The molecule has 1 saturated heterocycles. The number of fused-ring (bicyclic) bond motifs is 1. The Morgan fingerprint density at radius 2 is 1.33 bits per heavy atom. The number of primary amides is 2. The van der Waals surface area contributed by atoms with E-state index in [0.29, 0.717) is 11.1 Å². The number of aromatic amines is 1. The molecule has 408 valence electrons. The van der Waals surface area contributed by atoms with Crippen molar-refractivity contribution in [3.8, 4) is 0 Å². The summed E-state index contributed by atoms with van der Waals surface area (Å²) >= 11 is 0. The molecular weight excluding hydrogens is 975 g/mol. The quantitative estimate of drug-likeness (QED) is 0.0324. The molecule has 1 aromatic heterocycles. The molecule has 3 aromatic rings. The van der Waals surface area contributed by atoms with Crippen molar-refractivity contribution in [2.24, 2.45) is 44.4 Å². The highest BCUT2D eigenvalue weighted by molar-refractivity contribution is 5.97. The van der Waals surface area contributed by atoms with Gasteiger partial charge in [0.1, 0.15) is 36.4 Å². The van der Waals surface area contributed by atoms with Crippen molar-refractivity contribution in [3.05, 3.63) is 71.9 Å². The van der Waals surface area contributed by atoms with Crippen LogP contribution < -0.4 is 76.9 Å². The molecule has 1 aliphatic rings. The van der Waals surface area contributed by atoms with Crippen LogP contribution in [0.15, 0.2) is 70.8 Å². The highest BCUT2D eigenvalue weighted by atomic mass is 16.3. The molecule has 0 spiro atoms. The maximum absolute atomic E-state index is 14.6. The van der Waals surface area contributed by atoms with Gasteiger partial charge in [-0.1, -0.05) is 48.5 Å². The molecular formula is C48H71N17O10. The van der Waals surface area contributed by atoms with Crippen LogP contribution in [0.4, 0.5) is 0 Å².